The molecule has 1 rings (SSSR count). The number of amides is 1. The first-order valence-corrected chi connectivity index (χ1v) is 6.21. The molecule has 0 fully saturated rings. The van der Waals surface area contributed by atoms with Crippen LogP contribution in [-0.4, -0.2) is 50.5 Å². The summed E-state index contributed by atoms with van der Waals surface area (Å²) in [6, 6.07) is 6.67. The minimum absolute atomic E-state index is 0.0183. The fraction of sp³-hybridized carbons (Fsp3) is 0.385. The summed E-state index contributed by atoms with van der Waals surface area (Å²) in [5.41, 5.74) is 5.90. The van der Waals surface area contributed by atoms with Crippen LogP contribution in [0.5, 0.6) is 5.75 Å². The number of rotatable bonds is 9. The van der Waals surface area contributed by atoms with E-state index in [9.17, 15) is 4.79 Å². The zero-order valence-corrected chi connectivity index (χ0v) is 11.7. The van der Waals surface area contributed by atoms with Crippen molar-refractivity contribution in [3.05, 3.63) is 24.3 Å². The Morgan fingerprint density at radius 1 is 1.29 bits per heavy atom. The molecule has 4 N–H and O–H groups in total. The number of carbonyl (C=O) groups excluding carboxylic acids is 1. The molecule has 0 aromatic heterocycles. The van der Waals surface area contributed by atoms with Gasteiger partial charge in [0.05, 0.1) is 13.2 Å². The maximum atomic E-state index is 11.5. The van der Waals surface area contributed by atoms with Crippen molar-refractivity contribution in [3.63, 3.8) is 0 Å². The van der Waals surface area contributed by atoms with Crippen molar-refractivity contribution in [2.45, 2.75) is 0 Å². The van der Waals surface area contributed by atoms with Crippen molar-refractivity contribution < 1.29 is 24.2 Å². The van der Waals surface area contributed by atoms with Crippen molar-refractivity contribution in [3.8, 4) is 5.75 Å². The highest BCUT2D eigenvalue weighted by Gasteiger charge is 2.03. The van der Waals surface area contributed by atoms with Gasteiger partial charge >= 0.3 is 0 Å². The second-order valence-electron chi connectivity index (χ2n) is 4.00. The van der Waals surface area contributed by atoms with Gasteiger partial charge in [-0.05, 0) is 24.3 Å². The van der Waals surface area contributed by atoms with E-state index in [1.165, 1.54) is 0 Å². The van der Waals surface area contributed by atoms with Crippen LogP contribution in [0.1, 0.15) is 0 Å². The van der Waals surface area contributed by atoms with Crippen LogP contribution in [0, 0.1) is 0 Å². The monoisotopic (exact) mass is 297 g/mol. The molecule has 0 radical (unpaired) electrons. The standard InChI is InChI=1S/C13H19N3O5/c1-19-6-7-20-9-13(17)15-10-2-4-11(5-3-10)21-8-12(14)16-18/h2-5,18H,6-9H2,1H3,(H2,14,16)(H,15,17). The highest BCUT2D eigenvalue weighted by molar-refractivity contribution is 5.91. The predicted octanol–water partition coefficient (Wildman–Crippen LogP) is 0.413. The zero-order valence-electron chi connectivity index (χ0n) is 11.7. The molecule has 0 saturated heterocycles. The number of nitrogens with two attached hydrogens (primary N) is 1. The number of hydrogen-bond acceptors (Lipinski definition) is 6. The van der Waals surface area contributed by atoms with Gasteiger partial charge in [-0.15, -0.1) is 0 Å². The first kappa shape index (κ1) is 16.7. The molecule has 8 nitrogen and oxygen atoms in total. The molecule has 0 aliphatic heterocycles. The largest absolute Gasteiger partial charge is 0.486 e. The maximum absolute atomic E-state index is 11.5. The van der Waals surface area contributed by atoms with Crippen LogP contribution < -0.4 is 15.8 Å². The van der Waals surface area contributed by atoms with E-state index < -0.39 is 0 Å². The molecule has 21 heavy (non-hydrogen) atoms. The minimum Gasteiger partial charge on any atom is -0.486 e. The van der Waals surface area contributed by atoms with Gasteiger partial charge < -0.3 is 30.5 Å². The summed E-state index contributed by atoms with van der Waals surface area (Å²) in [7, 11) is 1.56. The topological polar surface area (TPSA) is 115 Å². The van der Waals surface area contributed by atoms with Crippen LogP contribution in [0.2, 0.25) is 0 Å². The van der Waals surface area contributed by atoms with E-state index in [0.29, 0.717) is 24.7 Å². The Morgan fingerprint density at radius 3 is 2.62 bits per heavy atom. The fourth-order valence-corrected chi connectivity index (χ4v) is 1.32. The lowest BCUT2D eigenvalue weighted by atomic mass is 10.3. The highest BCUT2D eigenvalue weighted by atomic mass is 16.5. The average Bonchev–Trinajstić information content (AvgIpc) is 2.50. The normalized spacial score (nSPS) is 11.2. The van der Waals surface area contributed by atoms with Crippen molar-refractivity contribution in [1.29, 1.82) is 0 Å². The molecule has 1 aromatic carbocycles. The quantitative estimate of drug-likeness (QED) is 0.200. The van der Waals surface area contributed by atoms with Crippen LogP contribution in [0.3, 0.4) is 0 Å². The Morgan fingerprint density at radius 2 is 2.00 bits per heavy atom. The summed E-state index contributed by atoms with van der Waals surface area (Å²) >= 11 is 0. The number of oxime groups is 1. The van der Waals surface area contributed by atoms with Gasteiger partial charge in [0.2, 0.25) is 5.91 Å². The molecule has 0 bridgehead atoms. The van der Waals surface area contributed by atoms with Crippen molar-refractivity contribution >= 4 is 17.4 Å². The Balaban J connectivity index is 2.34. The van der Waals surface area contributed by atoms with E-state index in [2.05, 4.69) is 10.5 Å². The van der Waals surface area contributed by atoms with Gasteiger partial charge in [-0.25, -0.2) is 0 Å². The zero-order chi connectivity index (χ0) is 15.5. The van der Waals surface area contributed by atoms with E-state index in [0.717, 1.165) is 0 Å². The van der Waals surface area contributed by atoms with Crippen LogP contribution in [0.15, 0.2) is 29.4 Å². The molecule has 0 heterocycles. The highest BCUT2D eigenvalue weighted by Crippen LogP contribution is 2.15. The number of hydrogen-bond donors (Lipinski definition) is 3. The number of ether oxygens (including phenoxy) is 3. The molecule has 0 saturated carbocycles. The van der Waals surface area contributed by atoms with E-state index in [4.69, 9.17) is 25.2 Å². The third kappa shape index (κ3) is 7.14. The molecule has 0 spiro atoms. The summed E-state index contributed by atoms with van der Waals surface area (Å²) in [6.07, 6.45) is 0. The maximum Gasteiger partial charge on any atom is 0.250 e. The number of nitrogens with zero attached hydrogens (tertiary/aromatic N) is 1. The SMILES string of the molecule is COCCOCC(=O)Nc1ccc(OC/C(N)=N/O)cc1. The Bertz CT molecular complexity index is 461. The van der Waals surface area contributed by atoms with Crippen LogP contribution >= 0.6 is 0 Å². The summed E-state index contributed by atoms with van der Waals surface area (Å²) in [6.45, 7) is 0.755. The van der Waals surface area contributed by atoms with Gasteiger partial charge in [-0.1, -0.05) is 5.16 Å². The molecular formula is C13H19N3O5. The Hall–Kier alpha value is -2.32. The van der Waals surface area contributed by atoms with Crippen LogP contribution in [0.25, 0.3) is 0 Å². The molecule has 116 valence electrons. The number of nitrogens with one attached hydrogen (secondary N) is 1. The first-order valence-electron chi connectivity index (χ1n) is 6.21. The molecule has 1 amide bonds. The van der Waals surface area contributed by atoms with E-state index in [1.807, 2.05) is 0 Å². The minimum atomic E-state index is -0.253. The third-order valence-corrected chi connectivity index (χ3v) is 2.32. The van der Waals surface area contributed by atoms with Crippen molar-refractivity contribution in [2.24, 2.45) is 10.9 Å². The molecule has 0 aliphatic carbocycles. The average molecular weight is 297 g/mol. The number of methoxy groups -OCH3 is 1. The van der Waals surface area contributed by atoms with Gasteiger partial charge in [0, 0.05) is 12.8 Å². The molecule has 1 aromatic rings. The number of anilines is 1. The molecule has 0 atom stereocenters. The van der Waals surface area contributed by atoms with Gasteiger partial charge in [0.15, 0.2) is 5.84 Å². The van der Waals surface area contributed by atoms with Gasteiger partial charge in [-0.2, -0.15) is 0 Å². The number of benzene rings is 1. The lowest BCUT2D eigenvalue weighted by Gasteiger charge is -2.08. The van der Waals surface area contributed by atoms with Crippen molar-refractivity contribution in [2.75, 3.05) is 38.9 Å². The summed E-state index contributed by atoms with van der Waals surface area (Å²) < 4.78 is 15.1. The van der Waals surface area contributed by atoms with E-state index in [-0.39, 0.29) is 25.0 Å². The van der Waals surface area contributed by atoms with E-state index >= 15 is 0 Å². The second kappa shape index (κ2) is 9.56. The van der Waals surface area contributed by atoms with Gasteiger partial charge in [-0.3, -0.25) is 4.79 Å². The molecule has 0 aliphatic rings. The summed E-state index contributed by atoms with van der Waals surface area (Å²) in [4.78, 5) is 11.5. The first-order chi connectivity index (χ1) is 10.2. The van der Waals surface area contributed by atoms with Gasteiger partial charge in [0.1, 0.15) is 19.0 Å². The number of amidine groups is 1. The van der Waals surface area contributed by atoms with Crippen molar-refractivity contribution in [1.82, 2.24) is 0 Å². The number of carbonyl (C=O) groups is 1. The van der Waals surface area contributed by atoms with E-state index in [1.54, 1.807) is 31.4 Å². The predicted molar refractivity (Wildman–Crippen MR) is 76.7 cm³/mol. The summed E-state index contributed by atoms with van der Waals surface area (Å²) in [5.74, 6) is 0.257. The smallest absolute Gasteiger partial charge is 0.250 e. The fourth-order valence-electron chi connectivity index (χ4n) is 1.32. The Labute approximate surface area is 122 Å². The lowest BCUT2D eigenvalue weighted by molar-refractivity contribution is -0.121. The molecule has 8 heteroatoms. The van der Waals surface area contributed by atoms with Crippen LogP contribution in [0.4, 0.5) is 5.69 Å². The third-order valence-electron chi connectivity index (χ3n) is 2.32. The second-order valence-corrected chi connectivity index (χ2v) is 4.00. The van der Waals surface area contributed by atoms with Crippen LogP contribution in [-0.2, 0) is 14.3 Å². The lowest BCUT2D eigenvalue weighted by Crippen LogP contribution is -2.21. The molecular weight excluding hydrogens is 278 g/mol. The molecule has 0 unspecified atom stereocenters. The Kier molecular flexibility index (Phi) is 7.62. The summed E-state index contributed by atoms with van der Waals surface area (Å²) in [5, 5.41) is 13.8. The van der Waals surface area contributed by atoms with Gasteiger partial charge in [0.25, 0.3) is 0 Å².